The number of carbonyl (C=O) groups is 1. The number of methoxy groups -OCH3 is 1. The van der Waals surface area contributed by atoms with Crippen LogP contribution in [0.3, 0.4) is 0 Å². The van der Waals surface area contributed by atoms with Crippen molar-refractivity contribution in [3.63, 3.8) is 0 Å². The Kier molecular flexibility index (Phi) is 6.04. The van der Waals surface area contributed by atoms with E-state index < -0.39 is 0 Å². The molecule has 0 radical (unpaired) electrons. The van der Waals surface area contributed by atoms with Gasteiger partial charge in [0, 0.05) is 12.6 Å². The third-order valence-corrected chi connectivity index (χ3v) is 3.97. The summed E-state index contributed by atoms with van der Waals surface area (Å²) < 4.78 is 10.6. The molecule has 2 aromatic heterocycles. The second-order valence-corrected chi connectivity index (χ2v) is 5.94. The lowest BCUT2D eigenvalue weighted by molar-refractivity contribution is 0.0948. The topological polar surface area (TPSA) is 89.3 Å². The van der Waals surface area contributed by atoms with Crippen LogP contribution in [0.1, 0.15) is 27.6 Å². The number of aromatic nitrogens is 2. The Morgan fingerprint density at radius 1 is 1.19 bits per heavy atom. The number of hydrogen-bond acceptors (Lipinski definition) is 6. The van der Waals surface area contributed by atoms with Gasteiger partial charge in [-0.3, -0.25) is 4.79 Å². The molecule has 0 bridgehead atoms. The Morgan fingerprint density at radius 2 is 2.04 bits per heavy atom. The molecule has 3 rings (SSSR count). The summed E-state index contributed by atoms with van der Waals surface area (Å²) in [7, 11) is 1.64. The van der Waals surface area contributed by atoms with E-state index in [1.54, 1.807) is 26.4 Å². The highest BCUT2D eigenvalue weighted by molar-refractivity contribution is 5.92. The van der Waals surface area contributed by atoms with Gasteiger partial charge in [-0.2, -0.15) is 0 Å². The summed E-state index contributed by atoms with van der Waals surface area (Å²) in [6.45, 7) is 2.72. The van der Waals surface area contributed by atoms with Gasteiger partial charge in [-0.15, -0.1) is 0 Å². The predicted molar refractivity (Wildman–Crippen MR) is 102 cm³/mol. The third-order valence-electron chi connectivity index (χ3n) is 3.97. The van der Waals surface area contributed by atoms with Gasteiger partial charge >= 0.3 is 0 Å². The van der Waals surface area contributed by atoms with Gasteiger partial charge in [-0.25, -0.2) is 9.97 Å². The van der Waals surface area contributed by atoms with Gasteiger partial charge in [0.05, 0.1) is 19.9 Å². The predicted octanol–water partition coefficient (Wildman–Crippen LogP) is 2.97. The third kappa shape index (κ3) is 5.07. The van der Waals surface area contributed by atoms with Gasteiger partial charge in [-0.05, 0) is 37.1 Å². The van der Waals surface area contributed by atoms with E-state index in [1.807, 2.05) is 36.4 Å². The molecule has 0 unspecified atom stereocenters. The van der Waals surface area contributed by atoms with Crippen molar-refractivity contribution in [2.75, 3.05) is 19.0 Å². The number of anilines is 1. The number of carbonyl (C=O) groups excluding carboxylic acids is 1. The van der Waals surface area contributed by atoms with Crippen LogP contribution in [0.25, 0.3) is 0 Å². The fourth-order valence-corrected chi connectivity index (χ4v) is 2.68. The van der Waals surface area contributed by atoms with Crippen LogP contribution in [0.2, 0.25) is 0 Å². The molecule has 0 saturated carbocycles. The minimum absolute atomic E-state index is 0.239. The number of aryl methyl sites for hydroxylation is 1. The van der Waals surface area contributed by atoms with Crippen molar-refractivity contribution in [2.45, 2.75) is 19.9 Å². The largest absolute Gasteiger partial charge is 0.496 e. The van der Waals surface area contributed by atoms with E-state index in [9.17, 15) is 4.79 Å². The molecular weight excluding hydrogens is 344 g/mol. The van der Waals surface area contributed by atoms with Crippen LogP contribution < -0.4 is 15.4 Å². The molecule has 3 aromatic rings. The molecular formula is C20H22N4O3. The molecule has 2 N–H and O–H groups in total. The molecule has 7 nitrogen and oxygen atoms in total. The number of nitrogens with zero attached hydrogens (tertiary/aromatic N) is 2. The SMILES string of the molecule is COc1ccccc1CCNC(=O)c1cc(NCc2ccco2)nc(C)n1. The van der Waals surface area contributed by atoms with Crippen molar-refractivity contribution in [1.29, 1.82) is 0 Å². The minimum Gasteiger partial charge on any atom is -0.496 e. The lowest BCUT2D eigenvalue weighted by atomic mass is 10.1. The Bertz CT molecular complexity index is 894. The Morgan fingerprint density at radius 3 is 2.81 bits per heavy atom. The summed E-state index contributed by atoms with van der Waals surface area (Å²) in [5.41, 5.74) is 1.37. The number of benzene rings is 1. The van der Waals surface area contributed by atoms with Gasteiger partial charge in [-0.1, -0.05) is 18.2 Å². The van der Waals surface area contributed by atoms with Crippen molar-refractivity contribution >= 4 is 11.7 Å². The van der Waals surface area contributed by atoms with E-state index in [0.717, 1.165) is 17.1 Å². The van der Waals surface area contributed by atoms with Gasteiger partial charge in [0.1, 0.15) is 28.8 Å². The number of ether oxygens (including phenoxy) is 1. The zero-order valence-corrected chi connectivity index (χ0v) is 15.4. The van der Waals surface area contributed by atoms with Crippen molar-refractivity contribution in [3.05, 3.63) is 71.6 Å². The Labute approximate surface area is 157 Å². The van der Waals surface area contributed by atoms with E-state index in [0.29, 0.717) is 36.8 Å². The molecule has 0 saturated heterocycles. The summed E-state index contributed by atoms with van der Waals surface area (Å²) in [4.78, 5) is 21.0. The number of amides is 1. The normalized spacial score (nSPS) is 10.4. The highest BCUT2D eigenvalue weighted by atomic mass is 16.5. The Balaban J connectivity index is 1.59. The first-order chi connectivity index (χ1) is 13.2. The second-order valence-electron chi connectivity index (χ2n) is 5.94. The smallest absolute Gasteiger partial charge is 0.270 e. The van der Waals surface area contributed by atoms with Gasteiger partial charge in [0.25, 0.3) is 5.91 Å². The molecule has 1 amide bonds. The van der Waals surface area contributed by atoms with Crippen molar-refractivity contribution < 1.29 is 13.9 Å². The van der Waals surface area contributed by atoms with Crippen molar-refractivity contribution in [2.24, 2.45) is 0 Å². The van der Waals surface area contributed by atoms with Crippen LogP contribution in [0, 0.1) is 6.92 Å². The highest BCUT2D eigenvalue weighted by Gasteiger charge is 2.11. The lowest BCUT2D eigenvalue weighted by Crippen LogP contribution is -2.27. The highest BCUT2D eigenvalue weighted by Crippen LogP contribution is 2.17. The quantitative estimate of drug-likeness (QED) is 0.637. The van der Waals surface area contributed by atoms with Crippen LogP contribution in [0.5, 0.6) is 5.75 Å². The van der Waals surface area contributed by atoms with Crippen LogP contribution in [0.4, 0.5) is 5.82 Å². The lowest BCUT2D eigenvalue weighted by Gasteiger charge is -2.10. The fraction of sp³-hybridized carbons (Fsp3) is 0.250. The molecule has 27 heavy (non-hydrogen) atoms. The summed E-state index contributed by atoms with van der Waals surface area (Å²) in [5, 5.41) is 6.03. The van der Waals surface area contributed by atoms with Crippen molar-refractivity contribution in [3.8, 4) is 5.75 Å². The average Bonchev–Trinajstić information content (AvgIpc) is 3.20. The van der Waals surface area contributed by atoms with Crippen LogP contribution in [-0.4, -0.2) is 29.5 Å². The van der Waals surface area contributed by atoms with E-state index in [2.05, 4.69) is 20.6 Å². The van der Waals surface area contributed by atoms with Gasteiger partial charge in [0.15, 0.2) is 0 Å². The first kappa shape index (κ1) is 18.4. The average molecular weight is 366 g/mol. The fourth-order valence-electron chi connectivity index (χ4n) is 2.68. The summed E-state index contributed by atoms with van der Waals surface area (Å²) in [6, 6.07) is 13.1. The van der Waals surface area contributed by atoms with E-state index >= 15 is 0 Å². The first-order valence-electron chi connectivity index (χ1n) is 8.68. The van der Waals surface area contributed by atoms with E-state index in [1.165, 1.54) is 0 Å². The maximum atomic E-state index is 12.4. The maximum Gasteiger partial charge on any atom is 0.270 e. The number of furan rings is 1. The monoisotopic (exact) mass is 366 g/mol. The molecule has 0 atom stereocenters. The molecule has 7 heteroatoms. The zero-order valence-electron chi connectivity index (χ0n) is 15.4. The molecule has 2 heterocycles. The second kappa shape index (κ2) is 8.84. The van der Waals surface area contributed by atoms with Crippen molar-refractivity contribution in [1.82, 2.24) is 15.3 Å². The molecule has 140 valence electrons. The zero-order chi connectivity index (χ0) is 19.1. The van der Waals surface area contributed by atoms with Crippen LogP contribution >= 0.6 is 0 Å². The van der Waals surface area contributed by atoms with Gasteiger partial charge in [0.2, 0.25) is 0 Å². The van der Waals surface area contributed by atoms with E-state index in [-0.39, 0.29) is 5.91 Å². The van der Waals surface area contributed by atoms with Crippen LogP contribution in [0.15, 0.2) is 53.1 Å². The molecule has 1 aromatic carbocycles. The standard InChI is InChI=1S/C20H22N4O3/c1-14-23-17(12-19(24-14)22-13-16-7-5-11-27-16)20(25)21-10-9-15-6-3-4-8-18(15)26-2/h3-8,11-12H,9-10,13H2,1-2H3,(H,21,25)(H,22,23,24). The summed E-state index contributed by atoms with van der Waals surface area (Å²) in [5.74, 6) is 2.46. The Hall–Kier alpha value is -3.35. The molecule has 0 aliphatic heterocycles. The molecule has 0 aliphatic carbocycles. The van der Waals surface area contributed by atoms with E-state index in [4.69, 9.17) is 9.15 Å². The minimum atomic E-state index is -0.239. The molecule has 0 aliphatic rings. The summed E-state index contributed by atoms with van der Waals surface area (Å²) in [6.07, 6.45) is 2.28. The van der Waals surface area contributed by atoms with Crippen LogP contribution in [-0.2, 0) is 13.0 Å². The number of hydrogen-bond donors (Lipinski definition) is 2. The number of rotatable bonds is 8. The molecule has 0 spiro atoms. The number of nitrogens with one attached hydrogen (secondary N) is 2. The van der Waals surface area contributed by atoms with Gasteiger partial charge < -0.3 is 19.8 Å². The maximum absolute atomic E-state index is 12.4. The first-order valence-corrected chi connectivity index (χ1v) is 8.68. The number of para-hydroxylation sites is 1. The summed E-state index contributed by atoms with van der Waals surface area (Å²) >= 11 is 0. The molecule has 0 fully saturated rings.